The molecule has 0 atom stereocenters. The summed E-state index contributed by atoms with van der Waals surface area (Å²) in [6, 6.07) is 16.2. The van der Waals surface area contributed by atoms with Crippen molar-refractivity contribution in [3.63, 3.8) is 0 Å². The van der Waals surface area contributed by atoms with Gasteiger partial charge in [-0.1, -0.05) is 30.3 Å². The number of aromatic nitrogens is 4. The van der Waals surface area contributed by atoms with Gasteiger partial charge in [0.15, 0.2) is 11.5 Å². The van der Waals surface area contributed by atoms with Gasteiger partial charge in [0, 0.05) is 12.6 Å². The molecule has 2 aromatic heterocycles. The third kappa shape index (κ3) is 4.31. The van der Waals surface area contributed by atoms with Crippen molar-refractivity contribution in [1.82, 2.24) is 24.6 Å². The molecule has 4 aromatic rings. The summed E-state index contributed by atoms with van der Waals surface area (Å²) >= 11 is 0. The van der Waals surface area contributed by atoms with Crippen molar-refractivity contribution in [3.05, 3.63) is 72.2 Å². The van der Waals surface area contributed by atoms with Crippen LogP contribution in [0.15, 0.2) is 66.2 Å². The van der Waals surface area contributed by atoms with Gasteiger partial charge in [-0.05, 0) is 49.2 Å². The highest BCUT2D eigenvalue weighted by molar-refractivity contribution is 5.88. The Morgan fingerprint density at radius 3 is 2.75 bits per heavy atom. The van der Waals surface area contributed by atoms with Crippen molar-refractivity contribution in [3.8, 4) is 11.4 Å². The summed E-state index contributed by atoms with van der Waals surface area (Å²) in [6.07, 6.45) is 7.65. The van der Waals surface area contributed by atoms with Gasteiger partial charge >= 0.3 is 0 Å². The Balaban J connectivity index is 1.30. The van der Waals surface area contributed by atoms with Crippen LogP contribution in [0.1, 0.15) is 24.0 Å². The number of hydrazone groups is 1. The maximum atomic E-state index is 5.32. The van der Waals surface area contributed by atoms with E-state index in [2.05, 4.69) is 54.8 Å². The van der Waals surface area contributed by atoms with E-state index in [1.165, 1.54) is 37.8 Å². The average Bonchev–Trinajstić information content (AvgIpc) is 3.51. The molecular formula is C24H25N7O. The summed E-state index contributed by atoms with van der Waals surface area (Å²) in [6.45, 7) is 3.43. The van der Waals surface area contributed by atoms with Gasteiger partial charge in [-0.25, -0.2) is 14.6 Å². The molecular weight excluding hydrogens is 402 g/mol. The monoisotopic (exact) mass is 427 g/mol. The van der Waals surface area contributed by atoms with Crippen LogP contribution < -0.4 is 10.2 Å². The first-order valence-corrected chi connectivity index (χ1v) is 10.7. The van der Waals surface area contributed by atoms with E-state index in [-0.39, 0.29) is 0 Å². The summed E-state index contributed by atoms with van der Waals surface area (Å²) in [7, 11) is 1.64. The molecule has 0 unspecified atom stereocenters. The minimum Gasteiger partial charge on any atom is -0.497 e. The Morgan fingerprint density at radius 1 is 1.09 bits per heavy atom. The number of rotatable bonds is 7. The maximum absolute atomic E-state index is 5.32. The lowest BCUT2D eigenvalue weighted by Gasteiger charge is -2.14. The van der Waals surface area contributed by atoms with Crippen LogP contribution in [0.2, 0.25) is 0 Å². The standard InChI is InChI=1S/C24H25N7O/c1-32-21-6-4-5-20(13-21)31-24-22(15-28-31)23(25-17-26-24)29-27-14-18-7-9-19(10-8-18)16-30-11-2-3-12-30/h4-10,13-15,17H,2-3,11-12,16H2,1H3,(H,25,26,29). The zero-order valence-electron chi connectivity index (χ0n) is 18.0. The zero-order valence-corrected chi connectivity index (χ0v) is 18.0. The van der Waals surface area contributed by atoms with Crippen molar-refractivity contribution in [1.29, 1.82) is 0 Å². The Hall–Kier alpha value is -3.78. The molecule has 0 saturated carbocycles. The first kappa shape index (κ1) is 20.1. The van der Waals surface area contributed by atoms with E-state index in [0.717, 1.165) is 28.9 Å². The lowest BCUT2D eigenvalue weighted by molar-refractivity contribution is 0.331. The molecule has 1 aliphatic rings. The molecule has 1 N–H and O–H groups in total. The SMILES string of the molecule is COc1cccc(-n2ncc3c(NN=Cc4ccc(CN5CCCC5)cc4)ncnc32)c1. The molecule has 0 radical (unpaired) electrons. The summed E-state index contributed by atoms with van der Waals surface area (Å²) < 4.78 is 7.07. The highest BCUT2D eigenvalue weighted by Crippen LogP contribution is 2.23. The molecule has 1 saturated heterocycles. The maximum Gasteiger partial charge on any atom is 0.168 e. The molecule has 8 heteroatoms. The minimum absolute atomic E-state index is 0.603. The molecule has 5 rings (SSSR count). The molecule has 0 amide bonds. The Labute approximate surface area is 186 Å². The summed E-state index contributed by atoms with van der Waals surface area (Å²) in [4.78, 5) is 11.2. The molecule has 1 fully saturated rings. The number of hydrogen-bond acceptors (Lipinski definition) is 7. The third-order valence-corrected chi connectivity index (χ3v) is 5.63. The number of fused-ring (bicyclic) bond motifs is 1. The summed E-state index contributed by atoms with van der Waals surface area (Å²) in [5, 5.41) is 9.64. The van der Waals surface area contributed by atoms with Crippen LogP contribution in [0.25, 0.3) is 16.7 Å². The summed E-state index contributed by atoms with van der Waals surface area (Å²) in [5.74, 6) is 1.36. The van der Waals surface area contributed by atoms with Crippen LogP contribution in [0.4, 0.5) is 5.82 Å². The average molecular weight is 428 g/mol. The largest absolute Gasteiger partial charge is 0.497 e. The van der Waals surface area contributed by atoms with Crippen molar-refractivity contribution in [2.45, 2.75) is 19.4 Å². The van der Waals surface area contributed by atoms with Crippen molar-refractivity contribution < 1.29 is 4.74 Å². The van der Waals surface area contributed by atoms with E-state index >= 15 is 0 Å². The van der Waals surface area contributed by atoms with Crippen molar-refractivity contribution in [2.24, 2.45) is 5.10 Å². The normalized spacial score (nSPS) is 14.4. The number of benzene rings is 2. The molecule has 0 bridgehead atoms. The van der Waals surface area contributed by atoms with Crippen LogP contribution in [0.5, 0.6) is 5.75 Å². The molecule has 0 spiro atoms. The molecule has 162 valence electrons. The highest BCUT2D eigenvalue weighted by Gasteiger charge is 2.12. The number of anilines is 1. The van der Waals surface area contributed by atoms with E-state index in [4.69, 9.17) is 4.74 Å². The van der Waals surface area contributed by atoms with Crippen LogP contribution in [-0.4, -0.2) is 51.1 Å². The van der Waals surface area contributed by atoms with Gasteiger partial charge in [-0.2, -0.15) is 10.2 Å². The first-order chi connectivity index (χ1) is 15.8. The lowest BCUT2D eigenvalue weighted by atomic mass is 10.1. The number of hydrogen-bond donors (Lipinski definition) is 1. The second-order valence-electron chi connectivity index (χ2n) is 7.81. The number of nitrogens with zero attached hydrogens (tertiary/aromatic N) is 6. The number of nitrogens with one attached hydrogen (secondary N) is 1. The second-order valence-corrected chi connectivity index (χ2v) is 7.81. The van der Waals surface area contributed by atoms with E-state index in [1.54, 1.807) is 24.2 Å². The molecule has 2 aromatic carbocycles. The summed E-state index contributed by atoms with van der Waals surface area (Å²) in [5.41, 5.74) is 6.94. The predicted molar refractivity (Wildman–Crippen MR) is 125 cm³/mol. The predicted octanol–water partition coefficient (Wildman–Crippen LogP) is 3.87. The van der Waals surface area contributed by atoms with Gasteiger partial charge in [-0.15, -0.1) is 0 Å². The van der Waals surface area contributed by atoms with E-state index < -0.39 is 0 Å². The topological polar surface area (TPSA) is 80.5 Å². The molecule has 0 aliphatic carbocycles. The van der Waals surface area contributed by atoms with Crippen molar-refractivity contribution >= 4 is 23.1 Å². The second kappa shape index (κ2) is 9.15. The minimum atomic E-state index is 0.603. The lowest BCUT2D eigenvalue weighted by Crippen LogP contribution is -2.18. The highest BCUT2D eigenvalue weighted by atomic mass is 16.5. The van der Waals surface area contributed by atoms with Crippen LogP contribution in [-0.2, 0) is 6.54 Å². The fourth-order valence-corrected chi connectivity index (χ4v) is 3.94. The van der Waals surface area contributed by atoms with Gasteiger partial charge in [0.05, 0.1) is 30.6 Å². The van der Waals surface area contributed by atoms with Gasteiger partial charge in [0.2, 0.25) is 0 Å². The zero-order chi connectivity index (χ0) is 21.8. The van der Waals surface area contributed by atoms with Gasteiger partial charge < -0.3 is 4.74 Å². The molecule has 3 heterocycles. The molecule has 8 nitrogen and oxygen atoms in total. The Bertz CT molecular complexity index is 1230. The number of ether oxygens (including phenoxy) is 1. The van der Waals surface area contributed by atoms with E-state index in [9.17, 15) is 0 Å². The number of methoxy groups -OCH3 is 1. The first-order valence-electron chi connectivity index (χ1n) is 10.7. The van der Waals surface area contributed by atoms with E-state index in [1.807, 2.05) is 24.3 Å². The fourth-order valence-electron chi connectivity index (χ4n) is 3.94. The Morgan fingerprint density at radius 2 is 1.94 bits per heavy atom. The number of likely N-dealkylation sites (tertiary alicyclic amines) is 1. The van der Waals surface area contributed by atoms with Crippen LogP contribution in [0, 0.1) is 0 Å². The van der Waals surface area contributed by atoms with Gasteiger partial charge in [-0.3, -0.25) is 10.3 Å². The molecule has 32 heavy (non-hydrogen) atoms. The van der Waals surface area contributed by atoms with Crippen LogP contribution >= 0.6 is 0 Å². The molecule has 1 aliphatic heterocycles. The fraction of sp³-hybridized carbons (Fsp3) is 0.250. The Kier molecular flexibility index (Phi) is 5.76. The smallest absolute Gasteiger partial charge is 0.168 e. The van der Waals surface area contributed by atoms with E-state index in [0.29, 0.717) is 11.5 Å². The van der Waals surface area contributed by atoms with Crippen LogP contribution in [0.3, 0.4) is 0 Å². The third-order valence-electron chi connectivity index (χ3n) is 5.63. The quantitative estimate of drug-likeness (QED) is 0.356. The van der Waals surface area contributed by atoms with Gasteiger partial charge in [0.1, 0.15) is 12.1 Å². The van der Waals surface area contributed by atoms with Gasteiger partial charge in [0.25, 0.3) is 0 Å². The van der Waals surface area contributed by atoms with Crippen molar-refractivity contribution in [2.75, 3.05) is 25.6 Å².